The smallest absolute Gasteiger partial charge is 0.263 e. The molecule has 2 aliphatic rings. The lowest BCUT2D eigenvalue weighted by molar-refractivity contribution is 0.0988. The van der Waals surface area contributed by atoms with Crippen molar-refractivity contribution in [2.45, 2.75) is 25.8 Å². The number of fused-ring (bicyclic) bond motifs is 3. The van der Waals surface area contributed by atoms with Crippen molar-refractivity contribution in [3.63, 3.8) is 0 Å². The van der Waals surface area contributed by atoms with Crippen LogP contribution in [0.1, 0.15) is 30.1 Å². The van der Waals surface area contributed by atoms with Crippen LogP contribution in [0.3, 0.4) is 0 Å². The Hall–Kier alpha value is -3.49. The van der Waals surface area contributed by atoms with E-state index in [1.165, 1.54) is 6.39 Å². The van der Waals surface area contributed by atoms with Crippen LogP contribution >= 0.6 is 0 Å². The molecule has 9 nitrogen and oxygen atoms in total. The third kappa shape index (κ3) is 3.08. The second-order valence-corrected chi connectivity index (χ2v) is 7.17. The van der Waals surface area contributed by atoms with Gasteiger partial charge in [-0.15, -0.1) is 0 Å². The standard InChI is InChI=1S/C20H21N7O2/c1-2-21-20-22-10-16-18(24-20)26-8-4-7-15(26)11-27(19(16)28)14-6-3-5-13(9-14)17-23-12-29-25-17/h3,5-6,9-10,12,15H,2,4,7-8,11H2,1H3,(H,21,22,24). The number of hydrogen-bond donors (Lipinski definition) is 1. The zero-order chi connectivity index (χ0) is 19.8. The van der Waals surface area contributed by atoms with E-state index in [1.54, 1.807) is 6.20 Å². The second kappa shape index (κ2) is 7.16. The molecule has 3 aromatic rings. The number of hydrogen-bond acceptors (Lipinski definition) is 8. The molecule has 1 fully saturated rings. The number of aromatic nitrogens is 4. The predicted molar refractivity (Wildman–Crippen MR) is 108 cm³/mol. The van der Waals surface area contributed by atoms with Gasteiger partial charge in [0.25, 0.3) is 5.91 Å². The number of nitrogens with zero attached hydrogens (tertiary/aromatic N) is 6. The Morgan fingerprint density at radius 1 is 1.31 bits per heavy atom. The molecule has 0 bridgehead atoms. The first kappa shape index (κ1) is 17.6. The summed E-state index contributed by atoms with van der Waals surface area (Å²) in [5.41, 5.74) is 2.13. The maximum absolute atomic E-state index is 13.5. The summed E-state index contributed by atoms with van der Waals surface area (Å²) in [7, 11) is 0. The summed E-state index contributed by atoms with van der Waals surface area (Å²) >= 11 is 0. The molecule has 1 amide bonds. The van der Waals surface area contributed by atoms with Gasteiger partial charge in [0.1, 0.15) is 11.4 Å². The highest BCUT2D eigenvalue weighted by molar-refractivity contribution is 6.10. The van der Waals surface area contributed by atoms with Crippen molar-refractivity contribution in [2.75, 3.05) is 34.8 Å². The molecule has 1 atom stereocenters. The van der Waals surface area contributed by atoms with Crippen molar-refractivity contribution >= 4 is 23.4 Å². The van der Waals surface area contributed by atoms with Gasteiger partial charge in [0, 0.05) is 43.1 Å². The van der Waals surface area contributed by atoms with Crippen molar-refractivity contribution in [1.29, 1.82) is 0 Å². The fourth-order valence-corrected chi connectivity index (χ4v) is 4.06. The first-order valence-electron chi connectivity index (χ1n) is 9.81. The number of carbonyl (C=O) groups is 1. The lowest BCUT2D eigenvalue weighted by Crippen LogP contribution is -2.39. The summed E-state index contributed by atoms with van der Waals surface area (Å²) in [5, 5.41) is 7.04. The van der Waals surface area contributed by atoms with Crippen LogP contribution in [0.15, 0.2) is 41.4 Å². The Morgan fingerprint density at radius 2 is 2.24 bits per heavy atom. The van der Waals surface area contributed by atoms with Crippen LogP contribution in [0.25, 0.3) is 11.4 Å². The number of anilines is 3. The van der Waals surface area contributed by atoms with E-state index in [0.717, 1.165) is 43.0 Å². The summed E-state index contributed by atoms with van der Waals surface area (Å²) in [5.74, 6) is 1.68. The third-order valence-corrected chi connectivity index (χ3v) is 5.40. The normalized spacial score (nSPS) is 18.4. The lowest BCUT2D eigenvalue weighted by Gasteiger charge is -2.27. The van der Waals surface area contributed by atoms with E-state index in [2.05, 4.69) is 30.3 Å². The minimum atomic E-state index is -0.0947. The van der Waals surface area contributed by atoms with Gasteiger partial charge in [-0.05, 0) is 31.9 Å². The van der Waals surface area contributed by atoms with Gasteiger partial charge in [-0.3, -0.25) is 4.79 Å². The first-order chi connectivity index (χ1) is 14.2. The van der Waals surface area contributed by atoms with E-state index in [9.17, 15) is 4.79 Å². The minimum Gasteiger partial charge on any atom is -0.354 e. The zero-order valence-electron chi connectivity index (χ0n) is 16.1. The molecule has 2 aliphatic heterocycles. The van der Waals surface area contributed by atoms with Gasteiger partial charge in [-0.1, -0.05) is 17.3 Å². The topological polar surface area (TPSA) is 100 Å². The van der Waals surface area contributed by atoms with Crippen LogP contribution in [-0.4, -0.2) is 51.7 Å². The van der Waals surface area contributed by atoms with Gasteiger partial charge < -0.3 is 19.6 Å². The number of rotatable bonds is 4. The van der Waals surface area contributed by atoms with Crippen molar-refractivity contribution in [3.05, 3.63) is 42.4 Å². The molecule has 29 heavy (non-hydrogen) atoms. The molecular formula is C20H21N7O2. The lowest BCUT2D eigenvalue weighted by atomic mass is 10.1. The summed E-state index contributed by atoms with van der Waals surface area (Å²) in [4.78, 5) is 30.7. The first-order valence-corrected chi connectivity index (χ1v) is 9.81. The highest BCUT2D eigenvalue weighted by atomic mass is 16.5. The van der Waals surface area contributed by atoms with Crippen LogP contribution in [0.4, 0.5) is 17.5 Å². The Balaban J connectivity index is 1.57. The molecule has 1 N–H and O–H groups in total. The summed E-state index contributed by atoms with van der Waals surface area (Å²) in [6.07, 6.45) is 5.04. The largest absolute Gasteiger partial charge is 0.354 e. The molecule has 1 unspecified atom stereocenters. The fourth-order valence-electron chi connectivity index (χ4n) is 4.06. The number of benzene rings is 1. The van der Waals surface area contributed by atoms with E-state index in [4.69, 9.17) is 4.52 Å². The van der Waals surface area contributed by atoms with Crippen molar-refractivity contribution < 1.29 is 9.32 Å². The van der Waals surface area contributed by atoms with Crippen molar-refractivity contribution in [2.24, 2.45) is 0 Å². The molecule has 0 aliphatic carbocycles. The predicted octanol–water partition coefficient (Wildman–Crippen LogP) is 2.59. The Kier molecular flexibility index (Phi) is 4.34. The molecule has 2 aromatic heterocycles. The van der Waals surface area contributed by atoms with E-state index in [1.807, 2.05) is 36.1 Å². The van der Waals surface area contributed by atoms with E-state index in [0.29, 0.717) is 23.9 Å². The SMILES string of the molecule is CCNc1ncc2c(n1)N1CCCC1CN(c1cccc(-c3ncon3)c1)C2=O. The summed E-state index contributed by atoms with van der Waals surface area (Å²) < 4.78 is 4.86. The molecule has 0 radical (unpaired) electrons. The third-order valence-electron chi connectivity index (χ3n) is 5.40. The molecule has 1 saturated heterocycles. The van der Waals surface area contributed by atoms with Crippen molar-refractivity contribution in [3.8, 4) is 11.4 Å². The molecule has 4 heterocycles. The van der Waals surface area contributed by atoms with Gasteiger partial charge in [-0.2, -0.15) is 9.97 Å². The Morgan fingerprint density at radius 3 is 3.07 bits per heavy atom. The molecule has 5 rings (SSSR count). The Bertz CT molecular complexity index is 1040. The zero-order valence-corrected chi connectivity index (χ0v) is 16.1. The molecule has 1 aromatic carbocycles. The van der Waals surface area contributed by atoms with E-state index < -0.39 is 0 Å². The average molecular weight is 391 g/mol. The van der Waals surface area contributed by atoms with Crippen LogP contribution in [0.2, 0.25) is 0 Å². The van der Waals surface area contributed by atoms with Crippen LogP contribution < -0.4 is 15.1 Å². The van der Waals surface area contributed by atoms with Gasteiger partial charge in [0.05, 0.1) is 0 Å². The van der Waals surface area contributed by atoms with Gasteiger partial charge >= 0.3 is 0 Å². The molecule has 9 heteroatoms. The van der Waals surface area contributed by atoms with Gasteiger partial charge in [0.2, 0.25) is 18.2 Å². The highest BCUT2D eigenvalue weighted by Gasteiger charge is 2.37. The highest BCUT2D eigenvalue weighted by Crippen LogP contribution is 2.34. The summed E-state index contributed by atoms with van der Waals surface area (Å²) in [6, 6.07) is 7.87. The maximum atomic E-state index is 13.5. The maximum Gasteiger partial charge on any atom is 0.263 e. The quantitative estimate of drug-likeness (QED) is 0.724. The number of nitrogens with one attached hydrogen (secondary N) is 1. The summed E-state index contributed by atoms with van der Waals surface area (Å²) in [6.45, 7) is 4.22. The molecule has 0 saturated carbocycles. The average Bonchev–Trinajstić information content (AvgIpc) is 3.42. The number of carbonyl (C=O) groups excluding carboxylic acids is 1. The van der Waals surface area contributed by atoms with Crippen LogP contribution in [0.5, 0.6) is 0 Å². The van der Waals surface area contributed by atoms with Gasteiger partial charge in [-0.25, -0.2) is 4.98 Å². The van der Waals surface area contributed by atoms with E-state index >= 15 is 0 Å². The fraction of sp³-hybridized carbons (Fsp3) is 0.350. The molecule has 148 valence electrons. The van der Waals surface area contributed by atoms with Crippen LogP contribution in [0, 0.1) is 0 Å². The minimum absolute atomic E-state index is 0.0947. The Labute approximate surface area is 167 Å². The second-order valence-electron chi connectivity index (χ2n) is 7.17. The van der Waals surface area contributed by atoms with E-state index in [-0.39, 0.29) is 11.9 Å². The molecular weight excluding hydrogens is 370 g/mol. The molecule has 0 spiro atoms. The van der Waals surface area contributed by atoms with Crippen molar-refractivity contribution in [1.82, 2.24) is 20.1 Å². The monoisotopic (exact) mass is 391 g/mol. The van der Waals surface area contributed by atoms with Crippen LogP contribution in [-0.2, 0) is 0 Å². The van der Waals surface area contributed by atoms with Gasteiger partial charge in [0.15, 0.2) is 0 Å². The number of amides is 1.